The summed E-state index contributed by atoms with van der Waals surface area (Å²) in [6.45, 7) is 0. The van der Waals surface area contributed by atoms with Gasteiger partial charge in [-0.25, -0.2) is 0 Å². The second-order valence-corrected chi connectivity index (χ2v) is 2.70. The molecule has 2 rings (SSSR count). The third-order valence-electron chi connectivity index (χ3n) is 1.65. The van der Waals surface area contributed by atoms with Crippen LogP contribution in [0.1, 0.15) is 2.74 Å². The van der Waals surface area contributed by atoms with Gasteiger partial charge in [0.15, 0.2) is 0 Å². The van der Waals surface area contributed by atoms with E-state index < -0.39 is 0 Å². The van der Waals surface area contributed by atoms with E-state index in [0.29, 0.717) is 23.5 Å². The van der Waals surface area contributed by atoms with E-state index in [1.54, 1.807) is 48.5 Å². The molecule has 0 aromatic heterocycles. The van der Waals surface area contributed by atoms with Crippen LogP contribution in [-0.2, 0) is 0 Å². The molecule has 68 valence electrons. The van der Waals surface area contributed by atoms with Gasteiger partial charge in [0, 0.05) is 0 Å². The predicted octanol–water partition coefficient (Wildman–Crippen LogP) is 4.10. The smallest absolute Gasteiger partial charge is 0.0857 e. The quantitative estimate of drug-likeness (QED) is 0.628. The first-order chi connectivity index (χ1) is 7.77. The molecule has 0 bridgehead atoms. The van der Waals surface area contributed by atoms with Crippen molar-refractivity contribution in [3.05, 3.63) is 60.6 Å². The van der Waals surface area contributed by atoms with E-state index in [1.807, 2.05) is 0 Å². The van der Waals surface area contributed by atoms with Crippen LogP contribution in [0.3, 0.4) is 0 Å². The van der Waals surface area contributed by atoms with Crippen molar-refractivity contribution in [3.8, 4) is 0 Å². The molecule has 0 heterocycles. The Bertz CT molecular complexity index is 476. The van der Waals surface area contributed by atoms with Crippen molar-refractivity contribution in [1.29, 1.82) is 0 Å². The predicted molar refractivity (Wildman–Crippen MR) is 57.1 cm³/mol. The van der Waals surface area contributed by atoms with Gasteiger partial charge in [-0.1, -0.05) is 36.4 Å². The topological polar surface area (TPSA) is 24.7 Å². The van der Waals surface area contributed by atoms with Crippen LogP contribution in [0.2, 0.25) is 0 Å². The van der Waals surface area contributed by atoms with Crippen molar-refractivity contribution in [1.82, 2.24) is 0 Å². The zero-order chi connectivity index (χ0) is 11.4. The van der Waals surface area contributed by atoms with Crippen LogP contribution in [0, 0.1) is 0 Å². The average Bonchev–Trinajstić information content (AvgIpc) is 2.30. The molecule has 2 aromatic carbocycles. The van der Waals surface area contributed by atoms with Crippen LogP contribution >= 0.6 is 0 Å². The second kappa shape index (κ2) is 4.33. The molecule has 0 atom stereocenters. The molecule has 0 fully saturated rings. The molecule has 0 aliphatic heterocycles. The third-order valence-corrected chi connectivity index (χ3v) is 1.65. The summed E-state index contributed by atoms with van der Waals surface area (Å²) in [5.74, 6) is 0. The van der Waals surface area contributed by atoms with E-state index in [1.165, 1.54) is 0 Å². The summed E-state index contributed by atoms with van der Waals surface area (Å²) in [5, 5.41) is 7.91. The first kappa shape index (κ1) is 6.49. The SMILES string of the molecule is [2H]c1ccccc1N=Nc1ccccc1[2H]. The highest BCUT2D eigenvalue weighted by atomic mass is 15.1. The number of rotatable bonds is 2. The fraction of sp³-hybridized carbons (Fsp3) is 0. The molecule has 0 aliphatic carbocycles. The fourth-order valence-electron chi connectivity index (χ4n) is 1.000. The lowest BCUT2D eigenvalue weighted by molar-refractivity contribution is 1.23. The summed E-state index contributed by atoms with van der Waals surface area (Å²) in [6.07, 6.45) is 0. The molecule has 14 heavy (non-hydrogen) atoms. The zero-order valence-electron chi connectivity index (χ0n) is 9.51. The van der Waals surface area contributed by atoms with Gasteiger partial charge in [-0.15, -0.1) is 0 Å². The summed E-state index contributed by atoms with van der Waals surface area (Å²) >= 11 is 0. The summed E-state index contributed by atoms with van der Waals surface area (Å²) in [4.78, 5) is 0. The fourth-order valence-corrected chi connectivity index (χ4v) is 1.000. The molecule has 0 spiro atoms. The van der Waals surface area contributed by atoms with E-state index in [4.69, 9.17) is 2.74 Å². The Labute approximate surface area is 85.7 Å². The molecule has 2 aromatic rings. The molecular weight excluding hydrogens is 172 g/mol. The largest absolute Gasteiger partial charge is 0.151 e. The van der Waals surface area contributed by atoms with Gasteiger partial charge in [-0.2, -0.15) is 10.2 Å². The van der Waals surface area contributed by atoms with Gasteiger partial charge < -0.3 is 0 Å². The maximum Gasteiger partial charge on any atom is 0.0857 e. The maximum atomic E-state index is 7.59. The highest BCUT2D eigenvalue weighted by molar-refractivity contribution is 5.39. The van der Waals surface area contributed by atoms with Gasteiger partial charge in [-0.05, 0) is 24.2 Å². The monoisotopic (exact) mass is 184 g/mol. The molecule has 0 N–H and O–H groups in total. The van der Waals surface area contributed by atoms with E-state index >= 15 is 0 Å². The van der Waals surface area contributed by atoms with Crippen LogP contribution in [0.15, 0.2) is 70.8 Å². The van der Waals surface area contributed by atoms with E-state index in [0.717, 1.165) is 0 Å². The highest BCUT2D eigenvalue weighted by Crippen LogP contribution is 2.16. The Kier molecular flexibility index (Phi) is 2.00. The number of azo groups is 1. The van der Waals surface area contributed by atoms with Crippen molar-refractivity contribution in [2.75, 3.05) is 0 Å². The van der Waals surface area contributed by atoms with Crippen LogP contribution < -0.4 is 0 Å². The minimum atomic E-state index is 0.328. The summed E-state index contributed by atoms with van der Waals surface area (Å²) < 4.78 is 15.2. The molecule has 2 nitrogen and oxygen atoms in total. The van der Waals surface area contributed by atoms with Gasteiger partial charge >= 0.3 is 0 Å². The molecular formula is C12H10N2. The highest BCUT2D eigenvalue weighted by Gasteiger charge is 1.86. The summed E-state index contributed by atoms with van der Waals surface area (Å²) in [6, 6.07) is 14.6. The normalized spacial score (nSPS) is 12.6. The van der Waals surface area contributed by atoms with E-state index in [2.05, 4.69) is 10.2 Å². The van der Waals surface area contributed by atoms with Crippen LogP contribution in [0.25, 0.3) is 0 Å². The zero-order valence-corrected chi connectivity index (χ0v) is 7.51. The summed E-state index contributed by atoms with van der Waals surface area (Å²) in [7, 11) is 0. The average molecular weight is 184 g/mol. The van der Waals surface area contributed by atoms with Gasteiger partial charge in [-0.3, -0.25) is 0 Å². The van der Waals surface area contributed by atoms with E-state index in [9.17, 15) is 0 Å². The Hall–Kier alpha value is -1.96. The molecule has 2 heteroatoms. The van der Waals surface area contributed by atoms with Gasteiger partial charge in [0.25, 0.3) is 0 Å². The number of benzene rings is 2. The molecule has 0 amide bonds. The standard InChI is InChI=1S/C12H10N2/c1-3-7-11(8-4-1)13-14-12-9-5-2-6-10-12/h1-10H/i7D,9D. The Balaban J connectivity index is 2.29. The number of hydrogen-bond donors (Lipinski definition) is 0. The number of hydrogen-bond acceptors (Lipinski definition) is 2. The van der Waals surface area contributed by atoms with Crippen molar-refractivity contribution in [3.63, 3.8) is 0 Å². The first-order valence-electron chi connectivity index (χ1n) is 5.30. The molecule has 0 radical (unpaired) electrons. The summed E-state index contributed by atoms with van der Waals surface area (Å²) in [5.41, 5.74) is 1.01. The Morgan fingerprint density at radius 3 is 1.64 bits per heavy atom. The maximum absolute atomic E-state index is 7.59. The first-order valence-corrected chi connectivity index (χ1v) is 4.30. The van der Waals surface area contributed by atoms with Crippen LogP contribution in [0.4, 0.5) is 11.4 Å². The van der Waals surface area contributed by atoms with Crippen molar-refractivity contribution >= 4 is 11.4 Å². The van der Waals surface area contributed by atoms with Crippen molar-refractivity contribution in [2.45, 2.75) is 0 Å². The van der Waals surface area contributed by atoms with Crippen LogP contribution in [-0.4, -0.2) is 0 Å². The third kappa shape index (κ3) is 2.26. The minimum Gasteiger partial charge on any atom is -0.151 e. The Morgan fingerprint density at radius 2 is 1.21 bits per heavy atom. The van der Waals surface area contributed by atoms with E-state index in [-0.39, 0.29) is 0 Å². The van der Waals surface area contributed by atoms with Crippen LogP contribution in [0.5, 0.6) is 0 Å². The minimum absolute atomic E-state index is 0.328. The molecule has 0 unspecified atom stereocenters. The lowest BCUT2D eigenvalue weighted by atomic mass is 10.3. The lowest BCUT2D eigenvalue weighted by Gasteiger charge is -1.91. The van der Waals surface area contributed by atoms with Gasteiger partial charge in [0.1, 0.15) is 0 Å². The second-order valence-electron chi connectivity index (χ2n) is 2.70. The molecule has 0 saturated heterocycles. The molecule has 0 aliphatic rings. The lowest BCUT2D eigenvalue weighted by Crippen LogP contribution is -1.62. The Morgan fingerprint density at radius 1 is 0.714 bits per heavy atom. The van der Waals surface area contributed by atoms with Crippen molar-refractivity contribution < 1.29 is 2.74 Å². The van der Waals surface area contributed by atoms with Gasteiger partial charge in [0.05, 0.1) is 14.1 Å². The van der Waals surface area contributed by atoms with Gasteiger partial charge in [0.2, 0.25) is 0 Å². The number of nitrogens with zero attached hydrogens (tertiary/aromatic N) is 2. The van der Waals surface area contributed by atoms with Crippen molar-refractivity contribution in [2.24, 2.45) is 10.2 Å². The molecule has 0 saturated carbocycles.